The molecule has 2 heterocycles. The third-order valence-corrected chi connectivity index (χ3v) is 5.22. The van der Waals surface area contributed by atoms with E-state index in [1.54, 1.807) is 0 Å². The SMILES string of the molecule is Cc1cc(C)c2c(c1)OCC(CN1CC(C)CC(C)C1)C2N. The van der Waals surface area contributed by atoms with Crippen LogP contribution in [0.25, 0.3) is 0 Å². The van der Waals surface area contributed by atoms with E-state index in [0.717, 1.165) is 30.7 Å². The molecule has 2 N–H and O–H groups in total. The molecule has 3 heteroatoms. The van der Waals surface area contributed by atoms with Crippen molar-refractivity contribution in [2.24, 2.45) is 23.5 Å². The standard InChI is InChI=1S/C19H30N2O/c1-12-6-15(4)18-17(7-12)22-11-16(19(18)20)10-21-8-13(2)5-14(3)9-21/h6-7,13-14,16,19H,5,8-11,20H2,1-4H3. The van der Waals surface area contributed by atoms with Gasteiger partial charge in [0, 0.05) is 37.2 Å². The third kappa shape index (κ3) is 3.16. The molecule has 4 atom stereocenters. The molecule has 1 aromatic carbocycles. The fourth-order valence-electron chi connectivity index (χ4n) is 4.46. The Balaban J connectivity index is 1.74. The number of hydrogen-bond donors (Lipinski definition) is 1. The van der Waals surface area contributed by atoms with E-state index in [2.05, 4.69) is 44.7 Å². The van der Waals surface area contributed by atoms with Gasteiger partial charge in [0.05, 0.1) is 6.61 Å². The topological polar surface area (TPSA) is 38.5 Å². The number of benzene rings is 1. The van der Waals surface area contributed by atoms with Crippen LogP contribution in [0.4, 0.5) is 0 Å². The minimum absolute atomic E-state index is 0.0943. The van der Waals surface area contributed by atoms with Crippen molar-refractivity contribution in [1.29, 1.82) is 0 Å². The molecule has 1 saturated heterocycles. The highest BCUT2D eigenvalue weighted by Crippen LogP contribution is 2.37. The van der Waals surface area contributed by atoms with Gasteiger partial charge >= 0.3 is 0 Å². The average molecular weight is 302 g/mol. The first-order chi connectivity index (χ1) is 10.4. The van der Waals surface area contributed by atoms with Crippen molar-refractivity contribution in [2.75, 3.05) is 26.2 Å². The maximum Gasteiger partial charge on any atom is 0.124 e. The highest BCUT2D eigenvalue weighted by molar-refractivity contribution is 5.46. The van der Waals surface area contributed by atoms with Gasteiger partial charge in [-0.05, 0) is 49.3 Å². The third-order valence-electron chi connectivity index (χ3n) is 5.22. The van der Waals surface area contributed by atoms with Crippen molar-refractivity contribution in [1.82, 2.24) is 4.90 Å². The molecule has 0 aromatic heterocycles. The largest absolute Gasteiger partial charge is 0.493 e. The Morgan fingerprint density at radius 2 is 1.86 bits per heavy atom. The molecule has 2 aliphatic rings. The zero-order chi connectivity index (χ0) is 15.9. The normalized spacial score (nSPS) is 32.4. The lowest BCUT2D eigenvalue weighted by molar-refractivity contribution is 0.0881. The zero-order valence-corrected chi connectivity index (χ0v) is 14.4. The summed E-state index contributed by atoms with van der Waals surface area (Å²) in [6, 6.07) is 4.44. The van der Waals surface area contributed by atoms with Crippen molar-refractivity contribution in [3.8, 4) is 5.75 Å². The average Bonchev–Trinajstić information content (AvgIpc) is 2.40. The number of fused-ring (bicyclic) bond motifs is 1. The Hall–Kier alpha value is -1.06. The van der Waals surface area contributed by atoms with Crippen LogP contribution in [0.5, 0.6) is 5.75 Å². The number of ether oxygens (including phenoxy) is 1. The van der Waals surface area contributed by atoms with Crippen LogP contribution in [0.3, 0.4) is 0 Å². The van der Waals surface area contributed by atoms with Crippen LogP contribution in [0, 0.1) is 31.6 Å². The molecule has 4 unspecified atom stereocenters. The van der Waals surface area contributed by atoms with E-state index >= 15 is 0 Å². The fraction of sp³-hybridized carbons (Fsp3) is 0.684. The Bertz CT molecular complexity index is 532. The van der Waals surface area contributed by atoms with Crippen LogP contribution >= 0.6 is 0 Å². The Kier molecular flexibility index (Phi) is 4.47. The summed E-state index contributed by atoms with van der Waals surface area (Å²) in [7, 11) is 0. The van der Waals surface area contributed by atoms with Crippen molar-refractivity contribution < 1.29 is 4.74 Å². The van der Waals surface area contributed by atoms with Crippen LogP contribution in [0.1, 0.15) is 43.0 Å². The van der Waals surface area contributed by atoms with Gasteiger partial charge in [0.15, 0.2) is 0 Å². The molecule has 0 saturated carbocycles. The molecule has 0 aliphatic carbocycles. The molecule has 0 radical (unpaired) electrons. The second kappa shape index (κ2) is 6.21. The molecule has 122 valence electrons. The van der Waals surface area contributed by atoms with Crippen LogP contribution < -0.4 is 10.5 Å². The second-order valence-corrected chi connectivity index (χ2v) is 7.76. The minimum Gasteiger partial charge on any atom is -0.493 e. The Morgan fingerprint density at radius 1 is 1.18 bits per heavy atom. The van der Waals surface area contributed by atoms with Crippen LogP contribution in [0.15, 0.2) is 12.1 Å². The molecule has 3 nitrogen and oxygen atoms in total. The van der Waals surface area contributed by atoms with E-state index in [9.17, 15) is 0 Å². The summed E-state index contributed by atoms with van der Waals surface area (Å²) < 4.78 is 6.06. The number of nitrogens with two attached hydrogens (primary N) is 1. The van der Waals surface area contributed by atoms with Gasteiger partial charge < -0.3 is 15.4 Å². The summed E-state index contributed by atoms with van der Waals surface area (Å²) in [5.74, 6) is 2.98. The number of aryl methyl sites for hydroxylation is 2. The van der Waals surface area contributed by atoms with Gasteiger partial charge in [0.25, 0.3) is 0 Å². The predicted molar refractivity (Wildman–Crippen MR) is 91.2 cm³/mol. The van der Waals surface area contributed by atoms with Crippen LogP contribution in [-0.4, -0.2) is 31.1 Å². The maximum atomic E-state index is 6.62. The number of likely N-dealkylation sites (tertiary alicyclic amines) is 1. The van der Waals surface area contributed by atoms with E-state index in [1.165, 1.54) is 36.2 Å². The van der Waals surface area contributed by atoms with Crippen molar-refractivity contribution in [3.05, 3.63) is 28.8 Å². The molecule has 0 amide bonds. The molecule has 0 bridgehead atoms. The van der Waals surface area contributed by atoms with Crippen LogP contribution in [0.2, 0.25) is 0 Å². The number of piperidine rings is 1. The lowest BCUT2D eigenvalue weighted by atomic mass is 9.86. The van der Waals surface area contributed by atoms with E-state index in [-0.39, 0.29) is 6.04 Å². The highest BCUT2D eigenvalue weighted by Gasteiger charge is 2.32. The maximum absolute atomic E-state index is 6.62. The predicted octanol–water partition coefficient (Wildman–Crippen LogP) is 3.29. The molecule has 2 aliphatic heterocycles. The lowest BCUT2D eigenvalue weighted by Crippen LogP contribution is -2.45. The molecular formula is C19H30N2O. The van der Waals surface area contributed by atoms with Crippen molar-refractivity contribution in [3.63, 3.8) is 0 Å². The first kappa shape index (κ1) is 15.8. The van der Waals surface area contributed by atoms with Crippen molar-refractivity contribution in [2.45, 2.75) is 40.2 Å². The molecule has 1 aromatic rings. The quantitative estimate of drug-likeness (QED) is 0.911. The molecule has 3 rings (SSSR count). The minimum atomic E-state index is 0.0943. The van der Waals surface area contributed by atoms with E-state index < -0.39 is 0 Å². The number of hydrogen-bond acceptors (Lipinski definition) is 3. The van der Waals surface area contributed by atoms with Gasteiger partial charge in [-0.2, -0.15) is 0 Å². The second-order valence-electron chi connectivity index (χ2n) is 7.76. The van der Waals surface area contributed by atoms with Crippen molar-refractivity contribution >= 4 is 0 Å². The Morgan fingerprint density at radius 3 is 2.55 bits per heavy atom. The number of nitrogens with zero attached hydrogens (tertiary/aromatic N) is 1. The van der Waals surface area contributed by atoms with E-state index in [0.29, 0.717) is 5.92 Å². The van der Waals surface area contributed by atoms with E-state index in [1.807, 2.05) is 0 Å². The van der Waals surface area contributed by atoms with Gasteiger partial charge in [-0.3, -0.25) is 0 Å². The summed E-state index contributed by atoms with van der Waals surface area (Å²) >= 11 is 0. The lowest BCUT2D eigenvalue weighted by Gasteiger charge is -2.40. The highest BCUT2D eigenvalue weighted by atomic mass is 16.5. The summed E-state index contributed by atoms with van der Waals surface area (Å²) in [6.45, 7) is 13.2. The molecule has 1 fully saturated rings. The zero-order valence-electron chi connectivity index (χ0n) is 14.4. The van der Waals surface area contributed by atoms with Crippen LogP contribution in [-0.2, 0) is 0 Å². The van der Waals surface area contributed by atoms with Gasteiger partial charge in [-0.1, -0.05) is 19.9 Å². The number of rotatable bonds is 2. The summed E-state index contributed by atoms with van der Waals surface area (Å²) in [5, 5.41) is 0. The molecule has 22 heavy (non-hydrogen) atoms. The smallest absolute Gasteiger partial charge is 0.124 e. The summed E-state index contributed by atoms with van der Waals surface area (Å²) in [4.78, 5) is 2.60. The van der Waals surface area contributed by atoms with Gasteiger partial charge in [0.1, 0.15) is 5.75 Å². The van der Waals surface area contributed by atoms with E-state index in [4.69, 9.17) is 10.5 Å². The van der Waals surface area contributed by atoms with Gasteiger partial charge in [0.2, 0.25) is 0 Å². The first-order valence-corrected chi connectivity index (χ1v) is 8.66. The molecule has 0 spiro atoms. The monoisotopic (exact) mass is 302 g/mol. The summed E-state index contributed by atoms with van der Waals surface area (Å²) in [6.07, 6.45) is 1.35. The Labute approximate surface area is 134 Å². The first-order valence-electron chi connectivity index (χ1n) is 8.66. The van der Waals surface area contributed by atoms with Gasteiger partial charge in [-0.25, -0.2) is 0 Å². The summed E-state index contributed by atoms with van der Waals surface area (Å²) in [5.41, 5.74) is 10.4. The fourth-order valence-corrected chi connectivity index (χ4v) is 4.46. The molecular weight excluding hydrogens is 272 g/mol. The van der Waals surface area contributed by atoms with Gasteiger partial charge in [-0.15, -0.1) is 0 Å².